The zero-order valence-electron chi connectivity index (χ0n) is 12.7. The van der Waals surface area contributed by atoms with Gasteiger partial charge >= 0.3 is 0 Å². The third-order valence-corrected chi connectivity index (χ3v) is 3.02. The van der Waals surface area contributed by atoms with Gasteiger partial charge in [-0.25, -0.2) is 8.78 Å². The van der Waals surface area contributed by atoms with Gasteiger partial charge in [-0.05, 0) is 17.9 Å². The van der Waals surface area contributed by atoms with Gasteiger partial charge in [0, 0.05) is 25.2 Å². The second-order valence-electron chi connectivity index (χ2n) is 6.17. The van der Waals surface area contributed by atoms with Crippen molar-refractivity contribution in [2.24, 2.45) is 11.8 Å². The topological polar surface area (TPSA) is 23.5 Å². The lowest BCUT2D eigenvalue weighted by atomic mass is 10.1. The van der Waals surface area contributed by atoms with E-state index in [0.717, 1.165) is 19.2 Å². The van der Waals surface area contributed by atoms with Crippen LogP contribution in [0.25, 0.3) is 0 Å². The zero-order valence-corrected chi connectivity index (χ0v) is 12.7. The van der Waals surface area contributed by atoms with E-state index >= 15 is 0 Å². The van der Waals surface area contributed by atoms with Gasteiger partial charge in [-0.2, -0.15) is 0 Å². The molecule has 1 atom stereocenters. The van der Waals surface area contributed by atoms with Crippen molar-refractivity contribution >= 4 is 0 Å². The smallest absolute Gasteiger partial charge is 0.164 e. The molecule has 0 aromatic heterocycles. The fraction of sp³-hybridized carbons (Fsp3) is 0.625. The average Bonchev–Trinajstić information content (AvgIpc) is 2.30. The molecule has 0 saturated heterocycles. The first kappa shape index (κ1) is 17.1. The van der Waals surface area contributed by atoms with E-state index in [1.54, 1.807) is 0 Å². The molecule has 1 N–H and O–H groups in total. The van der Waals surface area contributed by atoms with Crippen molar-refractivity contribution in [1.82, 2.24) is 4.90 Å². The third kappa shape index (κ3) is 5.17. The minimum atomic E-state index is -1.01. The van der Waals surface area contributed by atoms with Crippen molar-refractivity contribution in [3.05, 3.63) is 35.4 Å². The summed E-state index contributed by atoms with van der Waals surface area (Å²) in [5.74, 6) is -0.952. The van der Waals surface area contributed by atoms with Crippen LogP contribution in [-0.4, -0.2) is 29.6 Å². The lowest BCUT2D eigenvalue weighted by Crippen LogP contribution is -2.35. The normalized spacial score (nSPS) is 13.5. The Morgan fingerprint density at radius 3 is 2.05 bits per heavy atom. The van der Waals surface area contributed by atoms with Crippen molar-refractivity contribution in [2.75, 3.05) is 19.6 Å². The van der Waals surface area contributed by atoms with Gasteiger partial charge in [0.15, 0.2) is 11.6 Å². The van der Waals surface area contributed by atoms with Gasteiger partial charge in [0.25, 0.3) is 0 Å². The first-order valence-corrected chi connectivity index (χ1v) is 7.15. The molecule has 0 aliphatic carbocycles. The van der Waals surface area contributed by atoms with Crippen molar-refractivity contribution in [2.45, 2.75) is 33.8 Å². The standard InChI is InChI=1S/C16H25F2NO/c1-11(2)8-19(9-12(3)4)10-15(20)13-6-5-7-14(17)16(13)18/h5-7,11-12,15,20H,8-10H2,1-4H3. The van der Waals surface area contributed by atoms with E-state index in [9.17, 15) is 13.9 Å². The summed E-state index contributed by atoms with van der Waals surface area (Å²) in [7, 11) is 0. The highest BCUT2D eigenvalue weighted by molar-refractivity contribution is 5.21. The molecule has 0 fully saturated rings. The molecule has 1 unspecified atom stereocenters. The lowest BCUT2D eigenvalue weighted by molar-refractivity contribution is 0.0956. The molecular weight excluding hydrogens is 260 g/mol. The van der Waals surface area contributed by atoms with Gasteiger partial charge in [0.05, 0.1) is 6.10 Å². The van der Waals surface area contributed by atoms with E-state index in [1.165, 1.54) is 12.1 Å². The summed E-state index contributed by atoms with van der Waals surface area (Å²) in [5, 5.41) is 10.2. The van der Waals surface area contributed by atoms with Gasteiger partial charge < -0.3 is 5.11 Å². The largest absolute Gasteiger partial charge is 0.387 e. The molecule has 114 valence electrons. The van der Waals surface area contributed by atoms with Crippen LogP contribution >= 0.6 is 0 Å². The molecule has 20 heavy (non-hydrogen) atoms. The van der Waals surface area contributed by atoms with E-state index in [2.05, 4.69) is 32.6 Å². The number of rotatable bonds is 7. The second kappa shape index (κ2) is 7.70. The van der Waals surface area contributed by atoms with E-state index in [1.807, 2.05) is 0 Å². The quantitative estimate of drug-likeness (QED) is 0.827. The van der Waals surface area contributed by atoms with E-state index < -0.39 is 17.7 Å². The summed E-state index contributed by atoms with van der Waals surface area (Å²) >= 11 is 0. The van der Waals surface area contributed by atoms with Gasteiger partial charge in [0.1, 0.15) is 0 Å². The highest BCUT2D eigenvalue weighted by Crippen LogP contribution is 2.21. The number of aliphatic hydroxyl groups excluding tert-OH is 1. The maximum absolute atomic E-state index is 13.7. The van der Waals surface area contributed by atoms with Crippen LogP contribution in [0.1, 0.15) is 39.4 Å². The van der Waals surface area contributed by atoms with Crippen LogP contribution in [-0.2, 0) is 0 Å². The zero-order chi connectivity index (χ0) is 15.3. The molecule has 0 aliphatic heterocycles. The maximum Gasteiger partial charge on any atom is 0.164 e. The summed E-state index contributed by atoms with van der Waals surface area (Å²) in [4.78, 5) is 2.10. The third-order valence-electron chi connectivity index (χ3n) is 3.02. The summed E-state index contributed by atoms with van der Waals surface area (Å²) in [6.45, 7) is 10.4. The minimum Gasteiger partial charge on any atom is -0.387 e. The molecule has 0 saturated carbocycles. The highest BCUT2D eigenvalue weighted by atomic mass is 19.2. The van der Waals surface area contributed by atoms with E-state index in [-0.39, 0.29) is 5.56 Å². The van der Waals surface area contributed by atoms with Crippen LogP contribution in [0.4, 0.5) is 8.78 Å². The van der Waals surface area contributed by atoms with Crippen LogP contribution in [0.3, 0.4) is 0 Å². The van der Waals surface area contributed by atoms with Gasteiger partial charge in [-0.15, -0.1) is 0 Å². The number of benzene rings is 1. The van der Waals surface area contributed by atoms with Crippen LogP contribution in [0.5, 0.6) is 0 Å². The fourth-order valence-electron chi connectivity index (χ4n) is 2.38. The number of nitrogens with zero attached hydrogens (tertiary/aromatic N) is 1. The van der Waals surface area contributed by atoms with Crippen LogP contribution in [0, 0.1) is 23.5 Å². The maximum atomic E-state index is 13.7. The first-order valence-electron chi connectivity index (χ1n) is 7.15. The van der Waals surface area contributed by atoms with Crippen LogP contribution in [0.2, 0.25) is 0 Å². The fourth-order valence-corrected chi connectivity index (χ4v) is 2.38. The molecule has 0 heterocycles. The summed E-state index contributed by atoms with van der Waals surface area (Å²) in [6, 6.07) is 3.92. The molecule has 0 radical (unpaired) electrons. The van der Waals surface area contributed by atoms with E-state index in [4.69, 9.17) is 0 Å². The highest BCUT2D eigenvalue weighted by Gasteiger charge is 2.20. The predicted molar refractivity (Wildman–Crippen MR) is 77.4 cm³/mol. The number of hydrogen-bond donors (Lipinski definition) is 1. The molecule has 1 rings (SSSR count). The molecule has 0 spiro atoms. The van der Waals surface area contributed by atoms with Crippen LogP contribution in [0.15, 0.2) is 18.2 Å². The Hall–Kier alpha value is -1.00. The summed E-state index contributed by atoms with van der Waals surface area (Å²) in [6.07, 6.45) is -1.01. The molecule has 1 aromatic carbocycles. The monoisotopic (exact) mass is 285 g/mol. The molecule has 0 amide bonds. The molecule has 0 bridgehead atoms. The minimum absolute atomic E-state index is 0.0301. The Kier molecular flexibility index (Phi) is 6.56. The van der Waals surface area contributed by atoms with Crippen LogP contribution < -0.4 is 0 Å². The predicted octanol–water partition coefficient (Wildman–Crippen LogP) is 3.61. The van der Waals surface area contributed by atoms with Crippen molar-refractivity contribution in [3.8, 4) is 0 Å². The Labute approximate surface area is 120 Å². The molecule has 2 nitrogen and oxygen atoms in total. The van der Waals surface area contributed by atoms with Crippen molar-refractivity contribution in [3.63, 3.8) is 0 Å². The number of hydrogen-bond acceptors (Lipinski definition) is 2. The van der Waals surface area contributed by atoms with Gasteiger partial charge in [0.2, 0.25) is 0 Å². The van der Waals surface area contributed by atoms with Crippen molar-refractivity contribution < 1.29 is 13.9 Å². The molecule has 0 aliphatic rings. The molecule has 1 aromatic rings. The lowest BCUT2D eigenvalue weighted by Gasteiger charge is -2.28. The average molecular weight is 285 g/mol. The van der Waals surface area contributed by atoms with Crippen molar-refractivity contribution in [1.29, 1.82) is 0 Å². The van der Waals surface area contributed by atoms with Gasteiger partial charge in [-0.3, -0.25) is 4.90 Å². The second-order valence-corrected chi connectivity index (χ2v) is 6.17. The number of halogens is 2. The van der Waals surface area contributed by atoms with E-state index in [0.29, 0.717) is 18.4 Å². The first-order chi connectivity index (χ1) is 9.31. The Morgan fingerprint density at radius 1 is 1.00 bits per heavy atom. The Balaban J connectivity index is 2.78. The Bertz CT molecular complexity index is 411. The van der Waals surface area contributed by atoms with Gasteiger partial charge in [-0.1, -0.05) is 39.8 Å². The SMILES string of the molecule is CC(C)CN(CC(C)C)CC(O)c1cccc(F)c1F. The molecular formula is C16H25F2NO. The number of aliphatic hydroxyl groups is 1. The summed E-state index contributed by atoms with van der Waals surface area (Å²) in [5.41, 5.74) is 0.0301. The summed E-state index contributed by atoms with van der Waals surface area (Å²) < 4.78 is 26.9. The molecule has 4 heteroatoms. The Morgan fingerprint density at radius 2 is 1.55 bits per heavy atom.